The van der Waals surface area contributed by atoms with Gasteiger partial charge in [-0.2, -0.15) is 0 Å². The van der Waals surface area contributed by atoms with E-state index in [0.29, 0.717) is 18.4 Å². The highest BCUT2D eigenvalue weighted by Crippen LogP contribution is 2.56. The molecule has 39 heavy (non-hydrogen) atoms. The summed E-state index contributed by atoms with van der Waals surface area (Å²) in [6, 6.07) is 7.58. The molecule has 0 bridgehead atoms. The second-order valence-corrected chi connectivity index (χ2v) is 11.7. The van der Waals surface area contributed by atoms with Crippen LogP contribution in [0.4, 0.5) is 0 Å². The van der Waals surface area contributed by atoms with E-state index in [1.165, 1.54) is 0 Å². The van der Waals surface area contributed by atoms with Crippen molar-refractivity contribution in [3.8, 4) is 0 Å². The van der Waals surface area contributed by atoms with E-state index in [1.807, 2.05) is 57.3 Å². The van der Waals surface area contributed by atoms with E-state index in [-0.39, 0.29) is 42.4 Å². The second-order valence-electron chi connectivity index (χ2n) is 11.7. The van der Waals surface area contributed by atoms with Crippen LogP contribution in [0.3, 0.4) is 0 Å². The molecule has 2 N–H and O–H groups in total. The summed E-state index contributed by atoms with van der Waals surface area (Å²) < 4.78 is 0. The van der Waals surface area contributed by atoms with E-state index in [4.69, 9.17) is 0 Å². The molecule has 1 aromatic heterocycles. The molecule has 5 rings (SSSR count). The molecule has 2 heterocycles. The van der Waals surface area contributed by atoms with Crippen LogP contribution >= 0.6 is 0 Å². The molecule has 3 aliphatic rings. The maximum Gasteiger partial charge on any atom is 0.235 e. The zero-order chi connectivity index (χ0) is 28.1. The molecule has 2 fully saturated rings. The minimum atomic E-state index is -1.61. The number of aromatic amines is 1. The molecule has 0 radical (unpaired) electrons. The van der Waals surface area contributed by atoms with E-state index in [9.17, 15) is 24.0 Å². The molecule has 2 aliphatic carbocycles. The summed E-state index contributed by atoms with van der Waals surface area (Å²) >= 11 is 0. The van der Waals surface area contributed by atoms with Crippen molar-refractivity contribution in [1.82, 2.24) is 10.3 Å². The summed E-state index contributed by atoms with van der Waals surface area (Å²) in [6.07, 6.45) is 7.80. The lowest BCUT2D eigenvalue weighted by atomic mass is 9.51. The molecular formula is C32H36N2O5. The van der Waals surface area contributed by atoms with Gasteiger partial charge < -0.3 is 10.3 Å². The monoisotopic (exact) mass is 528 g/mol. The van der Waals surface area contributed by atoms with Crippen molar-refractivity contribution in [2.45, 2.75) is 59.4 Å². The van der Waals surface area contributed by atoms with Crippen LogP contribution in [0.15, 0.2) is 54.3 Å². The van der Waals surface area contributed by atoms with Crippen LogP contribution in [0.25, 0.3) is 10.9 Å². The number of carbonyl (C=O) groups is 5. The molecule has 7 nitrogen and oxygen atoms in total. The summed E-state index contributed by atoms with van der Waals surface area (Å²) in [7, 11) is 0. The lowest BCUT2D eigenvalue weighted by molar-refractivity contribution is -0.158. The fourth-order valence-electron chi connectivity index (χ4n) is 7.27. The molecule has 1 aromatic carbocycles. The third-order valence-corrected chi connectivity index (χ3v) is 9.39. The number of hydrogen-bond donors (Lipinski definition) is 2. The zero-order valence-electron chi connectivity index (χ0n) is 23.0. The summed E-state index contributed by atoms with van der Waals surface area (Å²) in [5.74, 6) is -4.23. The first-order valence-corrected chi connectivity index (χ1v) is 13.9. The van der Waals surface area contributed by atoms with Gasteiger partial charge in [0.1, 0.15) is 17.0 Å². The Bertz CT molecular complexity index is 1430. The smallest absolute Gasteiger partial charge is 0.235 e. The molecule has 7 unspecified atom stereocenters. The van der Waals surface area contributed by atoms with Gasteiger partial charge in [0.25, 0.3) is 0 Å². The first-order chi connectivity index (χ1) is 18.6. The first-order valence-electron chi connectivity index (χ1n) is 13.9. The van der Waals surface area contributed by atoms with Gasteiger partial charge in [-0.1, -0.05) is 57.2 Å². The predicted molar refractivity (Wildman–Crippen MR) is 148 cm³/mol. The van der Waals surface area contributed by atoms with Crippen molar-refractivity contribution in [2.75, 3.05) is 0 Å². The maximum absolute atomic E-state index is 14.2. The summed E-state index contributed by atoms with van der Waals surface area (Å²) in [4.78, 5) is 70.8. The van der Waals surface area contributed by atoms with E-state index < -0.39 is 40.5 Å². The van der Waals surface area contributed by atoms with Crippen LogP contribution in [-0.2, 0) is 30.4 Å². The third kappa shape index (κ3) is 4.32. The molecule has 1 saturated heterocycles. The molecule has 7 heteroatoms. The minimum Gasteiger partial charge on any atom is -0.361 e. The molecule has 1 spiro atoms. The van der Waals surface area contributed by atoms with Crippen LogP contribution < -0.4 is 5.32 Å². The Morgan fingerprint density at radius 2 is 1.74 bits per heavy atom. The van der Waals surface area contributed by atoms with E-state index >= 15 is 0 Å². The Morgan fingerprint density at radius 3 is 2.51 bits per heavy atom. The highest BCUT2D eigenvalue weighted by molar-refractivity contribution is 6.43. The summed E-state index contributed by atoms with van der Waals surface area (Å²) in [5, 5.41) is 4.18. The SMILES string of the molecule is CC1=CC(C)CC=CC2C(=O)C(C)C(C)C3C(Cc4c[nH]c5ccccc45)NC(=O)C23C(=O)CCC(=O)C1=O. The van der Waals surface area contributed by atoms with Crippen molar-refractivity contribution in [2.24, 2.45) is 35.0 Å². The average Bonchev–Trinajstić information content (AvgIpc) is 3.45. The van der Waals surface area contributed by atoms with Crippen LogP contribution in [-0.4, -0.2) is 40.1 Å². The van der Waals surface area contributed by atoms with E-state index in [0.717, 1.165) is 16.5 Å². The van der Waals surface area contributed by atoms with Gasteiger partial charge in [0, 0.05) is 47.8 Å². The van der Waals surface area contributed by atoms with Crippen molar-refractivity contribution in [3.63, 3.8) is 0 Å². The molecule has 1 amide bonds. The normalized spacial score (nSPS) is 34.1. The number of Topliss-reactive ketones (excluding diaryl/α,β-unsaturated/α-hetero) is 4. The fourth-order valence-corrected chi connectivity index (χ4v) is 7.27. The fraction of sp³-hybridized carbons (Fsp3) is 0.469. The van der Waals surface area contributed by atoms with Gasteiger partial charge in [-0.25, -0.2) is 0 Å². The Morgan fingerprint density at radius 1 is 1.00 bits per heavy atom. The molecule has 2 aromatic rings. The topological polar surface area (TPSA) is 113 Å². The van der Waals surface area contributed by atoms with Gasteiger partial charge in [0.2, 0.25) is 17.5 Å². The first kappa shape index (κ1) is 27.0. The lowest BCUT2D eigenvalue weighted by Crippen LogP contribution is -2.59. The van der Waals surface area contributed by atoms with Gasteiger partial charge in [0.05, 0.1) is 5.92 Å². The van der Waals surface area contributed by atoms with E-state index in [1.54, 1.807) is 19.1 Å². The molecule has 1 aliphatic heterocycles. The Balaban J connectivity index is 1.60. The number of nitrogens with one attached hydrogen (secondary N) is 2. The van der Waals surface area contributed by atoms with Crippen LogP contribution in [0.1, 0.15) is 52.5 Å². The van der Waals surface area contributed by atoms with Gasteiger partial charge in [-0.3, -0.25) is 24.0 Å². The third-order valence-electron chi connectivity index (χ3n) is 9.39. The number of allylic oxidation sites excluding steroid dienone is 4. The Hall–Kier alpha value is -3.61. The van der Waals surface area contributed by atoms with Crippen LogP contribution in [0.5, 0.6) is 0 Å². The zero-order valence-corrected chi connectivity index (χ0v) is 23.0. The second kappa shape index (κ2) is 10.2. The largest absolute Gasteiger partial charge is 0.361 e. The average molecular weight is 529 g/mol. The van der Waals surface area contributed by atoms with Crippen LogP contribution in [0, 0.1) is 35.0 Å². The molecular weight excluding hydrogens is 492 g/mol. The quantitative estimate of drug-likeness (QED) is 0.343. The van der Waals surface area contributed by atoms with Crippen molar-refractivity contribution in [1.29, 1.82) is 0 Å². The van der Waals surface area contributed by atoms with Gasteiger partial charge in [0.15, 0.2) is 0 Å². The standard InChI is InChI=1S/C32H36N2O5/c1-17-8-7-10-23-30(38)20(4)19(3)28-25(15-21-16-33-24-11-6-5-9-22(21)24)34-31(39)32(23,28)27(36)13-12-26(35)29(37)18(2)14-17/h5-7,9-11,14,16-17,19-20,23,25,28,33H,8,12-13,15H2,1-4H3,(H,34,39). The Labute approximate surface area is 228 Å². The number of aromatic nitrogens is 1. The van der Waals surface area contributed by atoms with Gasteiger partial charge in [-0.15, -0.1) is 0 Å². The highest BCUT2D eigenvalue weighted by Gasteiger charge is 2.69. The number of para-hydroxylation sites is 1. The number of rotatable bonds is 2. The number of carbonyl (C=O) groups excluding carboxylic acids is 5. The Kier molecular flexibility index (Phi) is 7.04. The summed E-state index contributed by atoms with van der Waals surface area (Å²) in [6.45, 7) is 7.39. The number of amides is 1. The van der Waals surface area contributed by atoms with Gasteiger partial charge >= 0.3 is 0 Å². The number of benzene rings is 1. The molecule has 7 atom stereocenters. The van der Waals surface area contributed by atoms with Gasteiger partial charge in [-0.05, 0) is 48.8 Å². The number of hydrogen-bond acceptors (Lipinski definition) is 5. The molecule has 1 saturated carbocycles. The number of fused-ring (bicyclic) bond motifs is 1. The number of ketones is 4. The number of H-pyrrole nitrogens is 1. The van der Waals surface area contributed by atoms with Crippen molar-refractivity contribution in [3.05, 3.63) is 59.8 Å². The summed E-state index contributed by atoms with van der Waals surface area (Å²) in [5.41, 5.74) is 0.771. The molecule has 204 valence electrons. The van der Waals surface area contributed by atoms with E-state index in [2.05, 4.69) is 10.3 Å². The highest BCUT2D eigenvalue weighted by atomic mass is 16.2. The van der Waals surface area contributed by atoms with Crippen LogP contribution in [0.2, 0.25) is 0 Å². The predicted octanol–water partition coefficient (Wildman–Crippen LogP) is 4.31. The maximum atomic E-state index is 14.2. The van der Waals surface area contributed by atoms with Crippen molar-refractivity contribution < 1.29 is 24.0 Å². The minimum absolute atomic E-state index is 0.0525. The lowest BCUT2D eigenvalue weighted by Gasteiger charge is -2.47. The van der Waals surface area contributed by atoms with Crippen molar-refractivity contribution >= 4 is 39.9 Å².